The Labute approximate surface area is 227 Å². The molecule has 0 N–H and O–H groups in total. The van der Waals surface area contributed by atoms with Crippen LogP contribution in [0.1, 0.15) is 61.4 Å². The quantitative estimate of drug-likeness (QED) is 0.410. The third-order valence-corrected chi connectivity index (χ3v) is 10.0. The van der Waals surface area contributed by atoms with Gasteiger partial charge in [-0.3, -0.25) is 0 Å². The molecule has 4 atom stereocenters. The van der Waals surface area contributed by atoms with Gasteiger partial charge in [-0.15, -0.1) is 0 Å². The molecule has 0 saturated carbocycles. The summed E-state index contributed by atoms with van der Waals surface area (Å²) in [6.45, 7) is 9.60. The molecule has 1 aromatic carbocycles. The molecule has 1 aromatic heterocycles. The Kier molecular flexibility index (Phi) is 6.95. The van der Waals surface area contributed by atoms with Crippen molar-refractivity contribution in [2.45, 2.75) is 76.8 Å². The molecular weight excluding hydrogens is 474 g/mol. The monoisotopic (exact) mass is 517 g/mol. The van der Waals surface area contributed by atoms with Crippen LogP contribution in [0.3, 0.4) is 0 Å². The van der Waals surface area contributed by atoms with Crippen LogP contribution in [0, 0.1) is 10.6 Å². The van der Waals surface area contributed by atoms with E-state index in [1.807, 2.05) is 0 Å². The van der Waals surface area contributed by atoms with Crippen LogP contribution in [0.25, 0.3) is 0 Å². The Morgan fingerprint density at radius 3 is 2.74 bits per heavy atom. The molecule has 38 heavy (non-hydrogen) atoms. The molecule has 1 spiro atoms. The summed E-state index contributed by atoms with van der Waals surface area (Å²) in [4.78, 5) is 14.9. The van der Waals surface area contributed by atoms with Gasteiger partial charge in [-0.25, -0.2) is 0 Å². The number of aryl methyl sites for hydroxylation is 1. The van der Waals surface area contributed by atoms with Crippen LogP contribution in [-0.2, 0) is 25.7 Å². The first kappa shape index (κ1) is 25.8. The van der Waals surface area contributed by atoms with Gasteiger partial charge in [0.2, 0.25) is 0 Å². The van der Waals surface area contributed by atoms with E-state index in [2.05, 4.69) is 54.6 Å². The zero-order valence-electron chi connectivity index (χ0n) is 23.2. The average Bonchev–Trinajstić information content (AvgIpc) is 3.36. The topological polar surface area (TPSA) is 64.6 Å². The highest BCUT2D eigenvalue weighted by molar-refractivity contribution is 5.52. The number of quaternary nitrogens is 1. The number of piperazine rings is 1. The van der Waals surface area contributed by atoms with Gasteiger partial charge in [0, 0.05) is 11.6 Å². The summed E-state index contributed by atoms with van der Waals surface area (Å²) in [5, 5.41) is 13.3. The third kappa shape index (κ3) is 4.74. The summed E-state index contributed by atoms with van der Waals surface area (Å²) in [7, 11) is 2.18. The summed E-state index contributed by atoms with van der Waals surface area (Å²) in [6, 6.07) is 9.86. The van der Waals surface area contributed by atoms with Crippen LogP contribution in [-0.4, -0.2) is 71.4 Å². The maximum absolute atomic E-state index is 13.3. The highest BCUT2D eigenvalue weighted by Gasteiger charge is 2.41. The summed E-state index contributed by atoms with van der Waals surface area (Å²) in [5.74, 6) is 1.00. The molecule has 6 rings (SSSR count). The van der Waals surface area contributed by atoms with Gasteiger partial charge in [0.25, 0.3) is 0 Å². The van der Waals surface area contributed by atoms with E-state index < -0.39 is 0 Å². The van der Waals surface area contributed by atoms with Crippen molar-refractivity contribution in [2.24, 2.45) is 5.41 Å². The van der Waals surface area contributed by atoms with E-state index in [-0.39, 0.29) is 16.1 Å². The van der Waals surface area contributed by atoms with Gasteiger partial charge in [0.05, 0.1) is 25.0 Å². The van der Waals surface area contributed by atoms with Crippen LogP contribution >= 0.6 is 0 Å². The number of likely N-dealkylation sites (tertiary alicyclic amines) is 1. The number of hydroxylamine groups is 3. The molecule has 2 aliphatic heterocycles. The largest absolute Gasteiger partial charge is 0.627 e. The van der Waals surface area contributed by atoms with E-state index >= 15 is 0 Å². The smallest absolute Gasteiger partial charge is 0.318 e. The molecule has 0 amide bonds. The molecular formula is C31H43N5O2. The highest BCUT2D eigenvalue weighted by atomic mass is 16.5. The van der Waals surface area contributed by atoms with Gasteiger partial charge in [0.15, 0.2) is 0 Å². The molecule has 2 aliphatic carbocycles. The van der Waals surface area contributed by atoms with Gasteiger partial charge < -0.3 is 24.4 Å². The Bertz CT molecular complexity index is 1190. The number of nitrogens with zero attached hydrogens (tertiary/aromatic N) is 5. The van der Waals surface area contributed by atoms with E-state index in [1.165, 1.54) is 35.2 Å². The van der Waals surface area contributed by atoms with E-state index in [0.29, 0.717) is 38.3 Å². The second-order valence-corrected chi connectivity index (χ2v) is 12.2. The van der Waals surface area contributed by atoms with Crippen LogP contribution in [0.15, 0.2) is 37.0 Å². The SMILES string of the molecule is C=C[N+]1([O-])CCN(c2nc(OC[C@@H]3CCCN3C)nc3c2CC[C@@]2(CCc4ccccc4C2)C3)C[C@@H]1CC. The number of aromatic nitrogens is 2. The Morgan fingerprint density at radius 2 is 1.97 bits per heavy atom. The molecule has 204 valence electrons. The molecule has 1 unspecified atom stereocenters. The van der Waals surface area contributed by atoms with Crippen LogP contribution in [0.5, 0.6) is 6.01 Å². The molecule has 7 heteroatoms. The number of likely N-dealkylation sites (N-methyl/N-ethyl adjacent to an activating group) is 1. The minimum atomic E-state index is -0.319. The fourth-order valence-electron chi connectivity index (χ4n) is 7.46. The zero-order valence-corrected chi connectivity index (χ0v) is 23.2. The minimum Gasteiger partial charge on any atom is -0.627 e. The van der Waals surface area contributed by atoms with Crippen LogP contribution in [0.2, 0.25) is 0 Å². The number of hydrogen-bond donors (Lipinski definition) is 0. The second-order valence-electron chi connectivity index (χ2n) is 12.2. The summed E-state index contributed by atoms with van der Waals surface area (Å²) < 4.78 is 6.01. The van der Waals surface area contributed by atoms with E-state index in [0.717, 1.165) is 57.3 Å². The summed E-state index contributed by atoms with van der Waals surface area (Å²) in [6.07, 6.45) is 11.4. The number of ether oxygens (including phenoxy) is 1. The van der Waals surface area contributed by atoms with E-state index in [9.17, 15) is 5.21 Å². The van der Waals surface area contributed by atoms with Gasteiger partial charge >= 0.3 is 6.01 Å². The first-order valence-corrected chi connectivity index (χ1v) is 14.7. The van der Waals surface area contributed by atoms with Crippen LogP contribution < -0.4 is 9.64 Å². The van der Waals surface area contributed by atoms with Crippen molar-refractivity contribution < 1.29 is 9.38 Å². The van der Waals surface area contributed by atoms with Crippen LogP contribution in [0.4, 0.5) is 5.82 Å². The Balaban J connectivity index is 1.31. The average molecular weight is 518 g/mol. The van der Waals surface area contributed by atoms with Crippen molar-refractivity contribution in [2.75, 3.05) is 44.7 Å². The normalized spacial score (nSPS) is 31.2. The van der Waals surface area contributed by atoms with Crippen molar-refractivity contribution >= 4 is 5.82 Å². The maximum atomic E-state index is 13.3. The first-order valence-electron chi connectivity index (χ1n) is 14.7. The van der Waals surface area contributed by atoms with Crippen molar-refractivity contribution in [1.82, 2.24) is 14.9 Å². The van der Waals surface area contributed by atoms with E-state index in [4.69, 9.17) is 14.7 Å². The number of anilines is 1. The van der Waals surface area contributed by atoms with Gasteiger partial charge in [0.1, 0.15) is 25.0 Å². The fourth-order valence-corrected chi connectivity index (χ4v) is 7.46. The van der Waals surface area contributed by atoms with Crippen molar-refractivity contribution in [3.8, 4) is 6.01 Å². The van der Waals surface area contributed by atoms with Gasteiger partial charge in [-0.1, -0.05) is 31.2 Å². The number of benzene rings is 1. The lowest BCUT2D eigenvalue weighted by Gasteiger charge is -2.51. The van der Waals surface area contributed by atoms with Gasteiger partial charge in [-0.05, 0) is 94.5 Å². The Hall–Kier alpha value is -2.48. The molecule has 0 bridgehead atoms. The summed E-state index contributed by atoms with van der Waals surface area (Å²) in [5.41, 5.74) is 5.72. The molecule has 7 nitrogen and oxygen atoms in total. The van der Waals surface area contributed by atoms with E-state index in [1.54, 1.807) is 6.20 Å². The fraction of sp³-hybridized carbons (Fsp3) is 0.613. The van der Waals surface area contributed by atoms with Crippen molar-refractivity contribution in [3.05, 3.63) is 64.6 Å². The number of hydrogen-bond acceptors (Lipinski definition) is 6. The minimum absolute atomic E-state index is 0.0341. The van der Waals surface area contributed by atoms with Gasteiger partial charge in [-0.2, -0.15) is 9.97 Å². The molecule has 0 radical (unpaired) electrons. The molecule has 2 fully saturated rings. The first-order chi connectivity index (χ1) is 18.4. The van der Waals surface area contributed by atoms with Crippen molar-refractivity contribution in [1.29, 1.82) is 0 Å². The lowest BCUT2D eigenvalue weighted by atomic mass is 9.63. The second kappa shape index (κ2) is 10.2. The lowest BCUT2D eigenvalue weighted by Crippen LogP contribution is -2.60. The Morgan fingerprint density at radius 1 is 1.16 bits per heavy atom. The number of rotatable bonds is 6. The van der Waals surface area contributed by atoms with Crippen molar-refractivity contribution in [3.63, 3.8) is 0 Å². The zero-order chi connectivity index (χ0) is 26.3. The molecule has 3 heterocycles. The molecule has 2 saturated heterocycles. The summed E-state index contributed by atoms with van der Waals surface area (Å²) >= 11 is 0. The molecule has 4 aliphatic rings. The highest BCUT2D eigenvalue weighted by Crippen LogP contribution is 2.47. The number of fused-ring (bicyclic) bond motifs is 2. The predicted molar refractivity (Wildman–Crippen MR) is 151 cm³/mol. The predicted octanol–water partition coefficient (Wildman–Crippen LogP) is 4.67. The lowest BCUT2D eigenvalue weighted by molar-refractivity contribution is -0.856. The molecule has 2 aromatic rings. The third-order valence-electron chi connectivity index (χ3n) is 10.0. The standard InChI is InChI=1S/C31H43N5O2/c1-4-26-21-35(17-18-36(26,37)5-2)29-27-13-15-31(14-12-23-9-6-7-10-24(23)19-31)20-28(27)32-30(33-29)38-22-25-11-8-16-34(25)3/h5-7,9-10,25-26H,2,4,8,11-22H2,1,3H3/t25-,26-,31+,36?/m0/s1. The maximum Gasteiger partial charge on any atom is 0.318 e.